The highest BCUT2D eigenvalue weighted by molar-refractivity contribution is 9.10. The highest BCUT2D eigenvalue weighted by Gasteiger charge is 2.24. The number of aromatic nitrogens is 2. The summed E-state index contributed by atoms with van der Waals surface area (Å²) in [7, 11) is 0. The van der Waals surface area contributed by atoms with Crippen LogP contribution in [0.25, 0.3) is 5.69 Å². The number of carbonyl (C=O) groups excluding carboxylic acids is 1. The molecule has 7 heteroatoms. The predicted octanol–water partition coefficient (Wildman–Crippen LogP) is 4.70. The van der Waals surface area contributed by atoms with Gasteiger partial charge in [0.05, 0.1) is 17.8 Å². The van der Waals surface area contributed by atoms with Gasteiger partial charge in [0.1, 0.15) is 11.6 Å². The van der Waals surface area contributed by atoms with Crippen LogP contribution in [-0.2, 0) is 22.7 Å². The molecule has 1 aromatic heterocycles. The van der Waals surface area contributed by atoms with Crippen LogP contribution in [0.2, 0.25) is 0 Å². The average Bonchev–Trinajstić information content (AvgIpc) is 3.21. The van der Waals surface area contributed by atoms with Gasteiger partial charge in [-0.05, 0) is 42.0 Å². The number of carbonyl (C=O) groups is 1. The van der Waals surface area contributed by atoms with Gasteiger partial charge in [0.25, 0.3) is 0 Å². The van der Waals surface area contributed by atoms with E-state index in [0.717, 1.165) is 44.3 Å². The predicted molar refractivity (Wildman–Crippen MR) is 105 cm³/mol. The van der Waals surface area contributed by atoms with E-state index in [-0.39, 0.29) is 18.1 Å². The Morgan fingerprint density at radius 3 is 2.62 bits per heavy atom. The number of amides is 1. The van der Waals surface area contributed by atoms with Crippen molar-refractivity contribution in [1.29, 1.82) is 0 Å². The van der Waals surface area contributed by atoms with Gasteiger partial charge in [-0.25, -0.2) is 9.07 Å². The molecular formula is C19H15BrFN3OS. The van der Waals surface area contributed by atoms with E-state index in [9.17, 15) is 9.18 Å². The van der Waals surface area contributed by atoms with Crippen molar-refractivity contribution in [2.45, 2.75) is 17.9 Å². The van der Waals surface area contributed by atoms with Gasteiger partial charge in [-0.3, -0.25) is 4.79 Å². The van der Waals surface area contributed by atoms with Crippen molar-refractivity contribution < 1.29 is 9.18 Å². The quantitative estimate of drug-likeness (QED) is 0.650. The molecule has 2 heterocycles. The standard InChI is InChI=1S/C19H15BrFN3OS/c20-13-3-7-15(8-4-13)24-19(16-10-26-11-17(16)23-24)22-18(25)9-12-1-5-14(21)6-2-12/h1-8H,9-11H2,(H,22,25). The number of anilines is 1. The van der Waals surface area contributed by atoms with Crippen molar-refractivity contribution in [3.8, 4) is 5.69 Å². The topological polar surface area (TPSA) is 46.9 Å². The first kappa shape index (κ1) is 17.3. The van der Waals surface area contributed by atoms with Crippen molar-refractivity contribution in [2.75, 3.05) is 5.32 Å². The van der Waals surface area contributed by atoms with Crippen LogP contribution in [0.1, 0.15) is 16.8 Å². The Balaban J connectivity index is 1.61. The summed E-state index contributed by atoms with van der Waals surface area (Å²) in [4.78, 5) is 12.5. The molecule has 1 aliphatic rings. The highest BCUT2D eigenvalue weighted by Crippen LogP contribution is 2.36. The molecule has 0 spiro atoms. The van der Waals surface area contributed by atoms with Crippen LogP contribution in [0, 0.1) is 5.82 Å². The molecule has 0 saturated carbocycles. The molecule has 4 rings (SSSR count). The highest BCUT2D eigenvalue weighted by atomic mass is 79.9. The molecule has 4 nitrogen and oxygen atoms in total. The minimum atomic E-state index is -0.308. The minimum absolute atomic E-state index is 0.144. The van der Waals surface area contributed by atoms with E-state index in [1.54, 1.807) is 28.6 Å². The lowest BCUT2D eigenvalue weighted by atomic mass is 10.1. The van der Waals surface area contributed by atoms with Crippen LogP contribution in [0.3, 0.4) is 0 Å². The Morgan fingerprint density at radius 1 is 1.15 bits per heavy atom. The molecule has 0 fully saturated rings. The summed E-state index contributed by atoms with van der Waals surface area (Å²) in [5.74, 6) is 1.95. The molecule has 1 N–H and O–H groups in total. The lowest BCUT2D eigenvalue weighted by Gasteiger charge is -2.11. The molecule has 2 aromatic carbocycles. The van der Waals surface area contributed by atoms with Crippen LogP contribution in [0.4, 0.5) is 10.2 Å². The van der Waals surface area contributed by atoms with Crippen LogP contribution in [0.15, 0.2) is 53.0 Å². The maximum Gasteiger partial charge on any atom is 0.229 e. The molecule has 0 saturated heterocycles. The summed E-state index contributed by atoms with van der Waals surface area (Å²) < 4.78 is 15.8. The van der Waals surface area contributed by atoms with E-state index in [4.69, 9.17) is 0 Å². The number of thioether (sulfide) groups is 1. The first-order valence-corrected chi connectivity index (χ1v) is 10.0. The summed E-state index contributed by atoms with van der Waals surface area (Å²) in [6.07, 6.45) is 0.188. The van der Waals surface area contributed by atoms with Gasteiger partial charge in [-0.1, -0.05) is 28.1 Å². The number of halogens is 2. The molecule has 26 heavy (non-hydrogen) atoms. The fourth-order valence-corrected chi connectivity index (χ4v) is 4.17. The smallest absolute Gasteiger partial charge is 0.229 e. The van der Waals surface area contributed by atoms with Gasteiger partial charge in [0.2, 0.25) is 5.91 Å². The number of hydrogen-bond donors (Lipinski definition) is 1. The van der Waals surface area contributed by atoms with E-state index in [2.05, 4.69) is 26.3 Å². The molecule has 0 bridgehead atoms. The largest absolute Gasteiger partial charge is 0.310 e. The average molecular weight is 432 g/mol. The van der Waals surface area contributed by atoms with E-state index in [1.807, 2.05) is 24.3 Å². The number of benzene rings is 2. The van der Waals surface area contributed by atoms with Crippen LogP contribution >= 0.6 is 27.7 Å². The zero-order valence-electron chi connectivity index (χ0n) is 13.7. The van der Waals surface area contributed by atoms with Crippen molar-refractivity contribution in [1.82, 2.24) is 9.78 Å². The SMILES string of the molecule is O=C(Cc1ccc(F)cc1)Nc1c2c(nn1-c1ccc(Br)cc1)CSC2. The third kappa shape index (κ3) is 3.54. The molecule has 0 radical (unpaired) electrons. The molecule has 3 aromatic rings. The second-order valence-corrected chi connectivity index (χ2v) is 7.91. The maximum atomic E-state index is 13.0. The third-order valence-corrected chi connectivity index (χ3v) is 5.66. The van der Waals surface area contributed by atoms with E-state index < -0.39 is 0 Å². The molecule has 0 atom stereocenters. The third-order valence-electron chi connectivity index (χ3n) is 4.16. The monoisotopic (exact) mass is 431 g/mol. The zero-order chi connectivity index (χ0) is 18.1. The maximum absolute atomic E-state index is 13.0. The van der Waals surface area contributed by atoms with Gasteiger partial charge < -0.3 is 5.32 Å². The Hall–Kier alpha value is -2.12. The summed E-state index contributed by atoms with van der Waals surface area (Å²) >= 11 is 5.22. The summed E-state index contributed by atoms with van der Waals surface area (Å²) in [6.45, 7) is 0. The van der Waals surface area contributed by atoms with E-state index in [0.29, 0.717) is 0 Å². The number of nitrogens with zero attached hydrogens (tertiary/aromatic N) is 2. The van der Waals surface area contributed by atoms with Crippen molar-refractivity contribution >= 4 is 39.4 Å². The first-order valence-electron chi connectivity index (χ1n) is 8.09. The molecule has 1 aliphatic heterocycles. The Kier molecular flexibility index (Phi) is 4.82. The second-order valence-electron chi connectivity index (χ2n) is 6.01. The van der Waals surface area contributed by atoms with Gasteiger partial charge in [-0.2, -0.15) is 16.9 Å². The van der Waals surface area contributed by atoms with Gasteiger partial charge in [0.15, 0.2) is 0 Å². The number of nitrogens with one attached hydrogen (secondary N) is 1. The van der Waals surface area contributed by atoms with Crippen molar-refractivity contribution in [3.63, 3.8) is 0 Å². The summed E-state index contributed by atoms with van der Waals surface area (Å²) in [6, 6.07) is 13.8. The first-order chi connectivity index (χ1) is 12.6. The van der Waals surface area contributed by atoms with Gasteiger partial charge >= 0.3 is 0 Å². The summed E-state index contributed by atoms with van der Waals surface area (Å²) in [5.41, 5.74) is 3.75. The van der Waals surface area contributed by atoms with Gasteiger partial charge in [0, 0.05) is 21.5 Å². The fraction of sp³-hybridized carbons (Fsp3) is 0.158. The summed E-state index contributed by atoms with van der Waals surface area (Å²) in [5, 5.41) is 7.69. The number of hydrogen-bond acceptors (Lipinski definition) is 3. The molecule has 132 valence electrons. The molecule has 0 aliphatic carbocycles. The van der Waals surface area contributed by atoms with Crippen LogP contribution in [-0.4, -0.2) is 15.7 Å². The lowest BCUT2D eigenvalue weighted by molar-refractivity contribution is -0.115. The van der Waals surface area contributed by atoms with E-state index in [1.165, 1.54) is 12.1 Å². The van der Waals surface area contributed by atoms with E-state index >= 15 is 0 Å². The molecule has 1 amide bonds. The van der Waals surface area contributed by atoms with Crippen molar-refractivity contribution in [2.24, 2.45) is 0 Å². The van der Waals surface area contributed by atoms with Gasteiger partial charge in [-0.15, -0.1) is 0 Å². The molecular weight excluding hydrogens is 417 g/mol. The minimum Gasteiger partial charge on any atom is -0.310 e. The number of fused-ring (bicyclic) bond motifs is 1. The molecule has 0 unspecified atom stereocenters. The Morgan fingerprint density at radius 2 is 1.88 bits per heavy atom. The lowest BCUT2D eigenvalue weighted by Crippen LogP contribution is -2.18. The van der Waals surface area contributed by atoms with Crippen LogP contribution < -0.4 is 5.32 Å². The second kappa shape index (κ2) is 7.25. The zero-order valence-corrected chi connectivity index (χ0v) is 16.1. The Bertz CT molecular complexity index is 954. The number of rotatable bonds is 4. The fourth-order valence-electron chi connectivity index (χ4n) is 2.87. The van der Waals surface area contributed by atoms with Crippen LogP contribution in [0.5, 0.6) is 0 Å². The van der Waals surface area contributed by atoms with Crippen molar-refractivity contribution in [3.05, 3.63) is 75.6 Å². The normalized spacial score (nSPS) is 12.8. The Labute approximate surface area is 162 Å².